The van der Waals surface area contributed by atoms with Gasteiger partial charge in [0.25, 0.3) is 5.91 Å². The minimum atomic E-state index is -0.239. The first-order valence-electron chi connectivity index (χ1n) is 7.80. The molecule has 0 bridgehead atoms. The Hall–Kier alpha value is -2.43. The number of pyridine rings is 1. The van der Waals surface area contributed by atoms with Crippen LogP contribution in [0, 0.1) is 5.82 Å². The van der Waals surface area contributed by atoms with E-state index in [-0.39, 0.29) is 11.7 Å². The van der Waals surface area contributed by atoms with Crippen molar-refractivity contribution in [1.82, 2.24) is 9.88 Å². The molecule has 2 rings (SSSR count). The maximum absolute atomic E-state index is 13.5. The molecule has 1 aromatic carbocycles. The van der Waals surface area contributed by atoms with Gasteiger partial charge in [-0.05, 0) is 24.6 Å². The van der Waals surface area contributed by atoms with Gasteiger partial charge in [0.1, 0.15) is 11.5 Å². The summed E-state index contributed by atoms with van der Waals surface area (Å²) in [4.78, 5) is 18.1. The molecule has 0 unspecified atom stereocenters. The summed E-state index contributed by atoms with van der Waals surface area (Å²) >= 11 is 0. The van der Waals surface area contributed by atoms with Crippen LogP contribution in [0.3, 0.4) is 0 Å². The molecule has 0 aliphatic rings. The third-order valence-corrected chi connectivity index (χ3v) is 3.62. The molecule has 0 atom stereocenters. The van der Waals surface area contributed by atoms with Crippen LogP contribution in [0.1, 0.15) is 35.8 Å². The number of hydrogen-bond acceptors (Lipinski definition) is 3. The Bertz CT molecular complexity index is 643. The maximum atomic E-state index is 13.5. The van der Waals surface area contributed by atoms with Crippen molar-refractivity contribution in [3.8, 4) is 0 Å². The molecule has 0 spiro atoms. The fourth-order valence-corrected chi connectivity index (χ4v) is 2.16. The van der Waals surface area contributed by atoms with Gasteiger partial charge in [-0.1, -0.05) is 31.5 Å². The molecule has 1 heterocycles. The van der Waals surface area contributed by atoms with Gasteiger partial charge in [0.2, 0.25) is 0 Å². The van der Waals surface area contributed by atoms with Crippen molar-refractivity contribution in [3.63, 3.8) is 0 Å². The van der Waals surface area contributed by atoms with Crippen molar-refractivity contribution in [2.24, 2.45) is 0 Å². The smallest absolute Gasteiger partial charge is 0.272 e. The second-order valence-corrected chi connectivity index (χ2v) is 5.46. The molecule has 1 amide bonds. The number of hydrogen-bond donors (Lipinski definition) is 1. The van der Waals surface area contributed by atoms with Crippen molar-refractivity contribution in [2.75, 3.05) is 18.9 Å². The zero-order valence-electron chi connectivity index (χ0n) is 13.6. The highest BCUT2D eigenvalue weighted by atomic mass is 19.1. The standard InChI is InChI=1S/C18H22FN3O/c1-3-4-11-22(2)18(23)17-10-9-15(13-21-17)20-12-14-7-5-6-8-16(14)19/h5-10,13,20H,3-4,11-12H2,1-2H3. The van der Waals surface area contributed by atoms with Crippen LogP contribution >= 0.6 is 0 Å². The van der Waals surface area contributed by atoms with E-state index < -0.39 is 0 Å². The maximum Gasteiger partial charge on any atom is 0.272 e. The molecule has 4 nitrogen and oxygen atoms in total. The first-order valence-corrected chi connectivity index (χ1v) is 7.80. The molecule has 23 heavy (non-hydrogen) atoms. The van der Waals surface area contributed by atoms with Gasteiger partial charge in [-0.25, -0.2) is 9.37 Å². The first-order chi connectivity index (χ1) is 11.1. The van der Waals surface area contributed by atoms with Crippen LogP contribution < -0.4 is 5.32 Å². The number of benzene rings is 1. The van der Waals surface area contributed by atoms with Crippen LogP contribution in [-0.2, 0) is 6.54 Å². The number of halogens is 1. The average molecular weight is 315 g/mol. The first kappa shape index (κ1) is 16.9. The van der Waals surface area contributed by atoms with E-state index >= 15 is 0 Å². The number of carbonyl (C=O) groups is 1. The summed E-state index contributed by atoms with van der Waals surface area (Å²) in [5.74, 6) is -0.323. The second-order valence-electron chi connectivity index (χ2n) is 5.46. The summed E-state index contributed by atoms with van der Waals surface area (Å²) in [6, 6.07) is 10.1. The zero-order valence-corrected chi connectivity index (χ0v) is 13.6. The second kappa shape index (κ2) is 8.27. The van der Waals surface area contributed by atoms with Gasteiger partial charge < -0.3 is 10.2 Å². The molecule has 1 aromatic heterocycles. The third kappa shape index (κ3) is 4.77. The molecule has 1 N–H and O–H groups in total. The summed E-state index contributed by atoms with van der Waals surface area (Å²) in [6.07, 6.45) is 3.62. The number of amides is 1. The highest BCUT2D eigenvalue weighted by Crippen LogP contribution is 2.12. The molecule has 122 valence electrons. The van der Waals surface area contributed by atoms with Crippen LogP contribution in [0.4, 0.5) is 10.1 Å². The summed E-state index contributed by atoms with van der Waals surface area (Å²) in [7, 11) is 1.78. The predicted octanol–water partition coefficient (Wildman–Crippen LogP) is 3.70. The van der Waals surface area contributed by atoms with Crippen LogP contribution in [0.2, 0.25) is 0 Å². The molecule has 0 radical (unpaired) electrons. The molecule has 0 aliphatic heterocycles. The molecule has 0 fully saturated rings. The van der Waals surface area contributed by atoms with E-state index in [1.807, 2.05) is 0 Å². The highest BCUT2D eigenvalue weighted by molar-refractivity contribution is 5.92. The van der Waals surface area contributed by atoms with Crippen molar-refractivity contribution in [1.29, 1.82) is 0 Å². The Morgan fingerprint density at radius 1 is 1.26 bits per heavy atom. The number of rotatable bonds is 7. The van der Waals surface area contributed by atoms with E-state index in [9.17, 15) is 9.18 Å². The molecular formula is C18H22FN3O. The lowest BCUT2D eigenvalue weighted by Crippen LogP contribution is -2.28. The number of carbonyl (C=O) groups excluding carboxylic acids is 1. The quantitative estimate of drug-likeness (QED) is 0.847. The van der Waals surface area contributed by atoms with Crippen molar-refractivity contribution in [2.45, 2.75) is 26.3 Å². The van der Waals surface area contributed by atoms with Gasteiger partial charge in [0, 0.05) is 25.7 Å². The van der Waals surface area contributed by atoms with Crippen LogP contribution in [0.5, 0.6) is 0 Å². The van der Waals surface area contributed by atoms with Gasteiger partial charge in [0.05, 0.1) is 11.9 Å². The Morgan fingerprint density at radius 2 is 2.04 bits per heavy atom. The Morgan fingerprint density at radius 3 is 2.70 bits per heavy atom. The average Bonchev–Trinajstić information content (AvgIpc) is 2.59. The van der Waals surface area contributed by atoms with Crippen LogP contribution in [0.15, 0.2) is 42.6 Å². The van der Waals surface area contributed by atoms with E-state index in [0.717, 1.165) is 25.1 Å². The third-order valence-electron chi connectivity index (χ3n) is 3.62. The lowest BCUT2D eigenvalue weighted by atomic mass is 10.2. The predicted molar refractivity (Wildman–Crippen MR) is 89.8 cm³/mol. The molecule has 0 saturated carbocycles. The van der Waals surface area contributed by atoms with E-state index in [0.29, 0.717) is 17.8 Å². The number of nitrogens with one attached hydrogen (secondary N) is 1. The largest absolute Gasteiger partial charge is 0.380 e. The van der Waals surface area contributed by atoms with Crippen LogP contribution in [0.25, 0.3) is 0 Å². The van der Waals surface area contributed by atoms with E-state index in [4.69, 9.17) is 0 Å². The fraction of sp³-hybridized carbons (Fsp3) is 0.333. The number of anilines is 1. The lowest BCUT2D eigenvalue weighted by Gasteiger charge is -2.16. The summed E-state index contributed by atoms with van der Waals surface area (Å²) in [5.41, 5.74) is 1.76. The number of unbranched alkanes of at least 4 members (excludes halogenated alkanes) is 1. The van der Waals surface area contributed by atoms with Gasteiger partial charge in [-0.3, -0.25) is 4.79 Å². The van der Waals surface area contributed by atoms with Crippen molar-refractivity contribution >= 4 is 11.6 Å². The van der Waals surface area contributed by atoms with Crippen LogP contribution in [-0.4, -0.2) is 29.4 Å². The van der Waals surface area contributed by atoms with Gasteiger partial charge >= 0.3 is 0 Å². The Balaban J connectivity index is 1.94. The van der Waals surface area contributed by atoms with Gasteiger partial charge in [-0.15, -0.1) is 0 Å². The Labute approximate surface area is 136 Å². The molecule has 5 heteroatoms. The summed E-state index contributed by atoms with van der Waals surface area (Å²) in [6.45, 7) is 3.19. The molecule has 2 aromatic rings. The summed E-state index contributed by atoms with van der Waals surface area (Å²) in [5, 5.41) is 3.10. The summed E-state index contributed by atoms with van der Waals surface area (Å²) < 4.78 is 13.5. The fourth-order valence-electron chi connectivity index (χ4n) is 2.16. The topological polar surface area (TPSA) is 45.2 Å². The van der Waals surface area contributed by atoms with Gasteiger partial charge in [-0.2, -0.15) is 0 Å². The van der Waals surface area contributed by atoms with E-state index in [1.165, 1.54) is 6.07 Å². The van der Waals surface area contributed by atoms with E-state index in [2.05, 4.69) is 17.2 Å². The van der Waals surface area contributed by atoms with Gasteiger partial charge in [0.15, 0.2) is 0 Å². The SMILES string of the molecule is CCCCN(C)C(=O)c1ccc(NCc2ccccc2F)cn1. The zero-order chi connectivity index (χ0) is 16.7. The normalized spacial score (nSPS) is 10.4. The number of aromatic nitrogens is 1. The molecule has 0 saturated heterocycles. The number of nitrogens with zero attached hydrogens (tertiary/aromatic N) is 2. The van der Waals surface area contributed by atoms with Crippen molar-refractivity contribution < 1.29 is 9.18 Å². The molecular weight excluding hydrogens is 293 g/mol. The molecule has 0 aliphatic carbocycles. The van der Waals surface area contributed by atoms with Crippen molar-refractivity contribution in [3.05, 3.63) is 59.7 Å². The Kier molecular flexibility index (Phi) is 6.09. The lowest BCUT2D eigenvalue weighted by molar-refractivity contribution is 0.0787. The minimum Gasteiger partial charge on any atom is -0.380 e. The monoisotopic (exact) mass is 315 g/mol. The van der Waals surface area contributed by atoms with E-state index in [1.54, 1.807) is 48.5 Å². The highest BCUT2D eigenvalue weighted by Gasteiger charge is 2.12. The minimum absolute atomic E-state index is 0.0842.